The molecule has 0 saturated carbocycles. The fourth-order valence-electron chi connectivity index (χ4n) is 3.02. The van der Waals surface area contributed by atoms with Gasteiger partial charge in [0.1, 0.15) is 5.69 Å². The molecule has 3 rings (SSSR count). The van der Waals surface area contributed by atoms with Crippen molar-refractivity contribution in [1.82, 2.24) is 14.9 Å². The summed E-state index contributed by atoms with van der Waals surface area (Å²) in [6.07, 6.45) is 5.42. The molecule has 0 amide bonds. The lowest BCUT2D eigenvalue weighted by Gasteiger charge is -2.23. The zero-order valence-corrected chi connectivity index (χ0v) is 11.4. The highest BCUT2D eigenvalue weighted by Crippen LogP contribution is 2.23. The van der Waals surface area contributed by atoms with Crippen LogP contribution < -0.4 is 10.6 Å². The summed E-state index contributed by atoms with van der Waals surface area (Å²) in [5.74, 6) is 0.680. The maximum Gasteiger partial charge on any atom is 0.226 e. The Morgan fingerprint density at radius 3 is 2.90 bits per heavy atom. The highest BCUT2D eigenvalue weighted by Gasteiger charge is 2.30. The van der Waals surface area contributed by atoms with Gasteiger partial charge < -0.3 is 15.8 Å². The molecular formula is C13H20N6O. The molecule has 7 nitrogen and oxygen atoms in total. The SMILES string of the molecule is N/C(=N/O)c1ccnc(N2CCC(N3CCCC3)C2)n1. The molecule has 2 aliphatic heterocycles. The second kappa shape index (κ2) is 5.62. The molecule has 3 N–H and O–H groups in total. The van der Waals surface area contributed by atoms with Gasteiger partial charge >= 0.3 is 0 Å². The summed E-state index contributed by atoms with van der Waals surface area (Å²) in [4.78, 5) is 13.4. The molecule has 1 unspecified atom stereocenters. The van der Waals surface area contributed by atoms with Crippen molar-refractivity contribution in [2.24, 2.45) is 10.9 Å². The van der Waals surface area contributed by atoms with E-state index in [-0.39, 0.29) is 5.84 Å². The number of oxime groups is 1. The second-order valence-electron chi connectivity index (χ2n) is 5.36. The van der Waals surface area contributed by atoms with Crippen LogP contribution in [-0.2, 0) is 0 Å². The molecule has 3 heterocycles. The van der Waals surface area contributed by atoms with Crippen LogP contribution >= 0.6 is 0 Å². The van der Waals surface area contributed by atoms with Crippen molar-refractivity contribution in [3.05, 3.63) is 18.0 Å². The smallest absolute Gasteiger partial charge is 0.226 e. The summed E-state index contributed by atoms with van der Waals surface area (Å²) in [5.41, 5.74) is 6.03. The molecule has 0 aliphatic carbocycles. The molecule has 0 bridgehead atoms. The van der Waals surface area contributed by atoms with Crippen LogP contribution in [-0.4, -0.2) is 58.1 Å². The average Bonchev–Trinajstić information content (AvgIpc) is 3.17. The lowest BCUT2D eigenvalue weighted by atomic mass is 10.2. The molecule has 2 aliphatic rings. The van der Waals surface area contributed by atoms with E-state index >= 15 is 0 Å². The van der Waals surface area contributed by atoms with Crippen molar-refractivity contribution < 1.29 is 5.21 Å². The third kappa shape index (κ3) is 2.53. The van der Waals surface area contributed by atoms with Gasteiger partial charge in [-0.3, -0.25) is 4.90 Å². The van der Waals surface area contributed by atoms with Gasteiger partial charge in [0.25, 0.3) is 0 Å². The zero-order valence-electron chi connectivity index (χ0n) is 11.4. The monoisotopic (exact) mass is 276 g/mol. The Kier molecular flexibility index (Phi) is 3.68. The van der Waals surface area contributed by atoms with Crippen molar-refractivity contribution in [3.8, 4) is 0 Å². The number of rotatable bonds is 3. The number of anilines is 1. The predicted octanol–water partition coefficient (Wildman–Crippen LogP) is 0.246. The summed E-state index contributed by atoms with van der Waals surface area (Å²) in [7, 11) is 0. The average molecular weight is 276 g/mol. The lowest BCUT2D eigenvalue weighted by molar-refractivity contribution is 0.260. The van der Waals surface area contributed by atoms with Gasteiger partial charge in [-0.1, -0.05) is 5.16 Å². The Balaban J connectivity index is 1.71. The summed E-state index contributed by atoms with van der Waals surface area (Å²) >= 11 is 0. The van der Waals surface area contributed by atoms with Crippen LogP contribution in [0.25, 0.3) is 0 Å². The molecule has 1 aromatic rings. The predicted molar refractivity (Wildman–Crippen MR) is 76.0 cm³/mol. The molecule has 2 saturated heterocycles. The van der Waals surface area contributed by atoms with Crippen LogP contribution in [0.5, 0.6) is 0 Å². The van der Waals surface area contributed by atoms with Crippen molar-refractivity contribution in [1.29, 1.82) is 0 Å². The number of nitrogens with two attached hydrogens (primary N) is 1. The van der Waals surface area contributed by atoms with E-state index < -0.39 is 0 Å². The number of hydrogen-bond acceptors (Lipinski definition) is 6. The second-order valence-corrected chi connectivity index (χ2v) is 5.36. The van der Waals surface area contributed by atoms with Crippen LogP contribution in [0.3, 0.4) is 0 Å². The van der Waals surface area contributed by atoms with Crippen molar-refractivity contribution in [2.45, 2.75) is 25.3 Å². The first kappa shape index (κ1) is 13.1. The highest BCUT2D eigenvalue weighted by molar-refractivity contribution is 5.95. The largest absolute Gasteiger partial charge is 0.409 e. The maximum absolute atomic E-state index is 8.71. The Morgan fingerprint density at radius 2 is 2.15 bits per heavy atom. The van der Waals surface area contributed by atoms with Crippen LogP contribution in [0.15, 0.2) is 17.4 Å². The van der Waals surface area contributed by atoms with Gasteiger partial charge in [0.05, 0.1) is 0 Å². The molecule has 2 fully saturated rings. The van der Waals surface area contributed by atoms with E-state index in [0.717, 1.165) is 19.5 Å². The molecule has 0 aromatic carbocycles. The van der Waals surface area contributed by atoms with Crippen LogP contribution in [0, 0.1) is 0 Å². The summed E-state index contributed by atoms with van der Waals surface area (Å²) < 4.78 is 0. The van der Waals surface area contributed by atoms with Gasteiger partial charge in [-0.05, 0) is 38.4 Å². The Labute approximate surface area is 118 Å². The minimum Gasteiger partial charge on any atom is -0.409 e. The molecule has 20 heavy (non-hydrogen) atoms. The number of likely N-dealkylation sites (tertiary alicyclic amines) is 1. The summed E-state index contributed by atoms with van der Waals surface area (Å²) in [5, 5.41) is 11.7. The summed E-state index contributed by atoms with van der Waals surface area (Å²) in [6, 6.07) is 2.25. The molecule has 108 valence electrons. The van der Waals surface area contributed by atoms with E-state index in [4.69, 9.17) is 10.9 Å². The number of nitrogens with zero attached hydrogens (tertiary/aromatic N) is 5. The van der Waals surface area contributed by atoms with Crippen LogP contribution in [0.1, 0.15) is 25.0 Å². The van der Waals surface area contributed by atoms with E-state index in [1.54, 1.807) is 12.3 Å². The van der Waals surface area contributed by atoms with Gasteiger partial charge in [-0.25, -0.2) is 9.97 Å². The van der Waals surface area contributed by atoms with Gasteiger partial charge in [0.2, 0.25) is 5.95 Å². The first-order valence-electron chi connectivity index (χ1n) is 7.08. The van der Waals surface area contributed by atoms with Gasteiger partial charge in [-0.2, -0.15) is 0 Å². The lowest BCUT2D eigenvalue weighted by Crippen LogP contribution is -2.35. The molecule has 7 heteroatoms. The van der Waals surface area contributed by atoms with Gasteiger partial charge in [0.15, 0.2) is 5.84 Å². The highest BCUT2D eigenvalue weighted by atomic mass is 16.4. The van der Waals surface area contributed by atoms with E-state index in [0.29, 0.717) is 17.7 Å². The van der Waals surface area contributed by atoms with E-state index in [1.807, 2.05) is 0 Å². The Hall–Kier alpha value is -1.89. The normalized spacial score (nSPS) is 24.5. The molecule has 0 radical (unpaired) electrons. The number of amidine groups is 1. The number of aromatic nitrogens is 2. The Morgan fingerprint density at radius 1 is 1.35 bits per heavy atom. The minimum absolute atomic E-state index is 0.0175. The van der Waals surface area contributed by atoms with Gasteiger partial charge in [0, 0.05) is 25.3 Å². The summed E-state index contributed by atoms with van der Waals surface area (Å²) in [6.45, 7) is 4.34. The molecule has 1 aromatic heterocycles. The zero-order chi connectivity index (χ0) is 13.9. The Bertz CT molecular complexity index is 499. The van der Waals surface area contributed by atoms with Crippen molar-refractivity contribution in [2.75, 3.05) is 31.1 Å². The minimum atomic E-state index is 0.0175. The fraction of sp³-hybridized carbons (Fsp3) is 0.615. The van der Waals surface area contributed by atoms with Gasteiger partial charge in [-0.15, -0.1) is 0 Å². The van der Waals surface area contributed by atoms with Crippen LogP contribution in [0.4, 0.5) is 5.95 Å². The molecular weight excluding hydrogens is 256 g/mol. The third-order valence-corrected chi connectivity index (χ3v) is 4.12. The van der Waals surface area contributed by atoms with E-state index in [1.165, 1.54) is 25.9 Å². The fourth-order valence-corrected chi connectivity index (χ4v) is 3.02. The van der Waals surface area contributed by atoms with E-state index in [9.17, 15) is 0 Å². The maximum atomic E-state index is 8.71. The first-order chi connectivity index (χ1) is 9.78. The number of hydrogen-bond donors (Lipinski definition) is 2. The van der Waals surface area contributed by atoms with Crippen molar-refractivity contribution >= 4 is 11.8 Å². The standard InChI is InChI=1S/C13H20N6O/c14-12(17-20)11-3-5-15-13(16-11)19-8-4-10(9-19)18-6-1-2-7-18/h3,5,10,20H,1-2,4,6-9H2,(H2,14,17). The molecule has 0 spiro atoms. The quantitative estimate of drug-likeness (QED) is 0.356. The first-order valence-corrected chi connectivity index (χ1v) is 7.08. The van der Waals surface area contributed by atoms with E-state index in [2.05, 4.69) is 24.9 Å². The molecule has 1 atom stereocenters. The van der Waals surface area contributed by atoms with Crippen molar-refractivity contribution in [3.63, 3.8) is 0 Å². The topological polar surface area (TPSA) is 90.9 Å². The van der Waals surface area contributed by atoms with Crippen LogP contribution in [0.2, 0.25) is 0 Å². The third-order valence-electron chi connectivity index (χ3n) is 4.12.